The van der Waals surface area contributed by atoms with Crippen molar-refractivity contribution in [2.45, 2.75) is 25.8 Å². The first-order valence-electron chi connectivity index (χ1n) is 8.27. The molecule has 1 aliphatic rings. The Balaban J connectivity index is 1.67. The standard InChI is InChI=1S/C18H24N4O2/c1-13-10-18(24-20-13)19-17(23)12-22-9-5-8-16(22)14-6-4-7-15(11-14)21(2)3/h4,6-7,10-11,16H,5,8-9,12H2,1-3H3,(H,19,23)/t16-/m0/s1. The van der Waals surface area contributed by atoms with E-state index in [0.717, 1.165) is 25.1 Å². The van der Waals surface area contributed by atoms with Gasteiger partial charge in [0.2, 0.25) is 11.8 Å². The van der Waals surface area contributed by atoms with Gasteiger partial charge in [0, 0.05) is 31.9 Å². The minimum Gasteiger partial charge on any atom is -0.378 e. The lowest BCUT2D eigenvalue weighted by Crippen LogP contribution is -2.32. The normalized spacial score (nSPS) is 17.9. The van der Waals surface area contributed by atoms with Crippen molar-refractivity contribution < 1.29 is 9.32 Å². The van der Waals surface area contributed by atoms with Crippen LogP contribution in [0.2, 0.25) is 0 Å². The molecule has 24 heavy (non-hydrogen) atoms. The molecular weight excluding hydrogens is 304 g/mol. The average molecular weight is 328 g/mol. The summed E-state index contributed by atoms with van der Waals surface area (Å²) in [6.45, 7) is 3.11. The third kappa shape index (κ3) is 3.76. The summed E-state index contributed by atoms with van der Waals surface area (Å²) in [4.78, 5) is 16.6. The van der Waals surface area contributed by atoms with E-state index < -0.39 is 0 Å². The number of carbonyl (C=O) groups is 1. The number of anilines is 2. The fourth-order valence-corrected chi connectivity index (χ4v) is 3.19. The van der Waals surface area contributed by atoms with Crippen LogP contribution in [0, 0.1) is 6.92 Å². The molecule has 1 atom stereocenters. The largest absolute Gasteiger partial charge is 0.378 e. The van der Waals surface area contributed by atoms with Crippen LogP contribution in [0.5, 0.6) is 0 Å². The zero-order valence-corrected chi connectivity index (χ0v) is 14.5. The zero-order chi connectivity index (χ0) is 17.1. The Morgan fingerprint density at radius 2 is 2.25 bits per heavy atom. The van der Waals surface area contributed by atoms with Crippen LogP contribution < -0.4 is 10.2 Å². The highest BCUT2D eigenvalue weighted by atomic mass is 16.5. The molecule has 2 aromatic rings. The van der Waals surface area contributed by atoms with Crippen LogP contribution in [0.3, 0.4) is 0 Å². The van der Waals surface area contributed by atoms with Gasteiger partial charge in [-0.3, -0.25) is 15.0 Å². The van der Waals surface area contributed by atoms with Gasteiger partial charge in [0.05, 0.1) is 12.2 Å². The van der Waals surface area contributed by atoms with E-state index in [9.17, 15) is 4.79 Å². The fraction of sp³-hybridized carbons (Fsp3) is 0.444. The van der Waals surface area contributed by atoms with E-state index >= 15 is 0 Å². The molecule has 0 spiro atoms. The van der Waals surface area contributed by atoms with Crippen LogP contribution in [-0.2, 0) is 4.79 Å². The van der Waals surface area contributed by atoms with Gasteiger partial charge in [0.25, 0.3) is 0 Å². The molecule has 6 heteroatoms. The van der Waals surface area contributed by atoms with Crippen molar-refractivity contribution in [1.82, 2.24) is 10.1 Å². The quantitative estimate of drug-likeness (QED) is 0.914. The van der Waals surface area contributed by atoms with Crippen molar-refractivity contribution in [3.05, 3.63) is 41.6 Å². The van der Waals surface area contributed by atoms with Crippen molar-refractivity contribution in [2.75, 3.05) is 37.4 Å². The summed E-state index contributed by atoms with van der Waals surface area (Å²) in [6, 6.07) is 10.5. The highest BCUT2D eigenvalue weighted by Crippen LogP contribution is 2.33. The van der Waals surface area contributed by atoms with E-state index in [1.165, 1.54) is 11.3 Å². The van der Waals surface area contributed by atoms with Crippen LogP contribution in [-0.4, -0.2) is 43.1 Å². The molecule has 6 nitrogen and oxygen atoms in total. The highest BCUT2D eigenvalue weighted by molar-refractivity contribution is 5.91. The molecule has 1 saturated heterocycles. The Hall–Kier alpha value is -2.34. The molecule has 1 aromatic heterocycles. The van der Waals surface area contributed by atoms with Gasteiger partial charge in [0.1, 0.15) is 0 Å². The zero-order valence-electron chi connectivity index (χ0n) is 14.5. The van der Waals surface area contributed by atoms with E-state index in [1.807, 2.05) is 21.0 Å². The SMILES string of the molecule is Cc1cc(NC(=O)CN2CCC[C@H]2c2cccc(N(C)C)c2)on1. The summed E-state index contributed by atoms with van der Waals surface area (Å²) in [5.41, 5.74) is 3.20. The molecule has 1 N–H and O–H groups in total. The number of carbonyl (C=O) groups excluding carboxylic acids is 1. The summed E-state index contributed by atoms with van der Waals surface area (Å²) in [7, 11) is 4.08. The lowest BCUT2D eigenvalue weighted by molar-refractivity contribution is -0.117. The molecule has 3 rings (SSSR count). The predicted molar refractivity (Wildman–Crippen MR) is 94.2 cm³/mol. The van der Waals surface area contributed by atoms with Gasteiger partial charge >= 0.3 is 0 Å². The van der Waals surface area contributed by atoms with Gasteiger partial charge in [-0.05, 0) is 44.0 Å². The second-order valence-corrected chi connectivity index (χ2v) is 6.50. The Morgan fingerprint density at radius 1 is 1.42 bits per heavy atom. The monoisotopic (exact) mass is 328 g/mol. The van der Waals surface area contributed by atoms with E-state index in [1.54, 1.807) is 6.07 Å². The van der Waals surface area contributed by atoms with Crippen LogP contribution in [0.25, 0.3) is 0 Å². The maximum atomic E-state index is 12.3. The van der Waals surface area contributed by atoms with Crippen molar-refractivity contribution in [3.8, 4) is 0 Å². The fourth-order valence-electron chi connectivity index (χ4n) is 3.19. The number of hydrogen-bond acceptors (Lipinski definition) is 5. The molecule has 1 fully saturated rings. The van der Waals surface area contributed by atoms with Crippen molar-refractivity contribution in [2.24, 2.45) is 0 Å². The Labute approximate surface area is 142 Å². The summed E-state index contributed by atoms with van der Waals surface area (Å²) in [6.07, 6.45) is 2.18. The Morgan fingerprint density at radius 3 is 2.96 bits per heavy atom. The summed E-state index contributed by atoms with van der Waals surface area (Å²) in [5, 5.41) is 6.56. The van der Waals surface area contributed by atoms with Gasteiger partial charge in [-0.1, -0.05) is 17.3 Å². The first-order chi connectivity index (χ1) is 11.5. The molecule has 128 valence electrons. The van der Waals surface area contributed by atoms with E-state index in [4.69, 9.17) is 4.52 Å². The number of rotatable bonds is 5. The Kier molecular flexibility index (Phi) is 4.85. The molecule has 1 aromatic carbocycles. The maximum Gasteiger partial charge on any atom is 0.240 e. The summed E-state index contributed by atoms with van der Waals surface area (Å²) >= 11 is 0. The molecule has 0 aliphatic carbocycles. The third-order valence-electron chi connectivity index (χ3n) is 4.37. The molecule has 2 heterocycles. The van der Waals surface area contributed by atoms with Crippen LogP contribution in [0.4, 0.5) is 11.6 Å². The maximum absolute atomic E-state index is 12.3. The number of aromatic nitrogens is 1. The molecule has 0 unspecified atom stereocenters. The lowest BCUT2D eigenvalue weighted by atomic mass is 10.0. The molecule has 0 bridgehead atoms. The third-order valence-corrected chi connectivity index (χ3v) is 4.37. The lowest BCUT2D eigenvalue weighted by Gasteiger charge is -2.25. The minimum atomic E-state index is -0.0678. The second kappa shape index (κ2) is 7.05. The number of hydrogen-bond donors (Lipinski definition) is 1. The second-order valence-electron chi connectivity index (χ2n) is 6.50. The molecule has 0 radical (unpaired) electrons. The number of nitrogens with zero attached hydrogens (tertiary/aromatic N) is 3. The van der Waals surface area contributed by atoms with E-state index in [2.05, 4.69) is 44.5 Å². The van der Waals surface area contributed by atoms with E-state index in [0.29, 0.717) is 12.4 Å². The highest BCUT2D eigenvalue weighted by Gasteiger charge is 2.28. The number of benzene rings is 1. The molecule has 0 saturated carbocycles. The average Bonchev–Trinajstić information content (AvgIpc) is 3.16. The number of aryl methyl sites for hydroxylation is 1. The van der Waals surface area contributed by atoms with Gasteiger partial charge in [-0.2, -0.15) is 0 Å². The summed E-state index contributed by atoms with van der Waals surface area (Å²) in [5.74, 6) is 0.338. The van der Waals surface area contributed by atoms with Crippen molar-refractivity contribution in [3.63, 3.8) is 0 Å². The summed E-state index contributed by atoms with van der Waals surface area (Å²) < 4.78 is 5.05. The van der Waals surface area contributed by atoms with Crippen LogP contribution in [0.1, 0.15) is 30.1 Å². The predicted octanol–water partition coefficient (Wildman–Crippen LogP) is 2.82. The van der Waals surface area contributed by atoms with Gasteiger partial charge in [-0.15, -0.1) is 0 Å². The topological polar surface area (TPSA) is 61.6 Å². The van der Waals surface area contributed by atoms with Crippen molar-refractivity contribution in [1.29, 1.82) is 0 Å². The van der Waals surface area contributed by atoms with Crippen LogP contribution in [0.15, 0.2) is 34.9 Å². The van der Waals surface area contributed by atoms with Crippen LogP contribution >= 0.6 is 0 Å². The van der Waals surface area contributed by atoms with Crippen molar-refractivity contribution >= 4 is 17.5 Å². The van der Waals surface area contributed by atoms with Gasteiger partial charge in [-0.25, -0.2) is 0 Å². The molecule has 1 amide bonds. The van der Waals surface area contributed by atoms with Gasteiger partial charge < -0.3 is 9.42 Å². The Bertz CT molecular complexity index is 711. The first kappa shape index (κ1) is 16.5. The minimum absolute atomic E-state index is 0.0678. The van der Waals surface area contributed by atoms with Gasteiger partial charge in [0.15, 0.2) is 0 Å². The smallest absolute Gasteiger partial charge is 0.240 e. The molecule has 1 aliphatic heterocycles. The first-order valence-corrected chi connectivity index (χ1v) is 8.27. The number of nitrogens with one attached hydrogen (secondary N) is 1. The van der Waals surface area contributed by atoms with E-state index in [-0.39, 0.29) is 11.9 Å². The number of likely N-dealkylation sites (tertiary alicyclic amines) is 1. The molecular formula is C18H24N4O2. The number of amides is 1.